The van der Waals surface area contributed by atoms with Crippen LogP contribution in [0, 0.1) is 5.53 Å². The van der Waals surface area contributed by atoms with Gasteiger partial charge in [0.25, 0.3) is 0 Å². The van der Waals surface area contributed by atoms with Crippen LogP contribution in [0.1, 0.15) is 0 Å². The number of hydrogen-bond donors (Lipinski definition) is 3. The van der Waals surface area contributed by atoms with E-state index in [-0.39, 0.29) is 17.2 Å². The van der Waals surface area contributed by atoms with Crippen LogP contribution in [0.4, 0.5) is 5.69 Å². The molecule has 1 rings (SSSR count). The van der Waals surface area contributed by atoms with E-state index in [9.17, 15) is 0 Å². The lowest BCUT2D eigenvalue weighted by molar-refractivity contribution is 0.461. The first kappa shape index (κ1) is 6.54. The smallest absolute Gasteiger partial charge is 0.143 e. The van der Waals surface area contributed by atoms with Crippen LogP contribution in [0.5, 0.6) is 11.5 Å². The van der Waals surface area contributed by atoms with Gasteiger partial charge in [-0.15, -0.1) is 0 Å². The number of nitrogens with zero attached hydrogens (tertiary/aromatic N) is 1. The fourth-order valence-electron chi connectivity index (χ4n) is 0.601. The third-order valence-electron chi connectivity index (χ3n) is 1.08. The molecular formula is C6H6N2O2. The largest absolute Gasteiger partial charge is 0.508 e. The van der Waals surface area contributed by atoms with Crippen LogP contribution in [-0.4, -0.2) is 10.2 Å². The van der Waals surface area contributed by atoms with Gasteiger partial charge in [0.2, 0.25) is 0 Å². The van der Waals surface area contributed by atoms with Crippen molar-refractivity contribution in [1.82, 2.24) is 0 Å². The molecule has 0 aliphatic rings. The predicted molar refractivity (Wildman–Crippen MR) is 34.6 cm³/mol. The third-order valence-corrected chi connectivity index (χ3v) is 1.08. The van der Waals surface area contributed by atoms with Gasteiger partial charge in [0.05, 0.1) is 0 Å². The molecule has 0 atom stereocenters. The van der Waals surface area contributed by atoms with Gasteiger partial charge in [0.15, 0.2) is 0 Å². The molecule has 0 aromatic heterocycles. The van der Waals surface area contributed by atoms with E-state index in [4.69, 9.17) is 15.7 Å². The van der Waals surface area contributed by atoms with Gasteiger partial charge in [-0.1, -0.05) is 0 Å². The van der Waals surface area contributed by atoms with Crippen LogP contribution < -0.4 is 0 Å². The van der Waals surface area contributed by atoms with Crippen molar-refractivity contribution in [1.29, 1.82) is 5.53 Å². The van der Waals surface area contributed by atoms with Crippen molar-refractivity contribution in [3.05, 3.63) is 18.2 Å². The summed E-state index contributed by atoms with van der Waals surface area (Å²) in [5.74, 6) is -0.114. The zero-order chi connectivity index (χ0) is 7.56. The number of phenols is 2. The second kappa shape index (κ2) is 2.34. The quantitative estimate of drug-likeness (QED) is 0.408. The monoisotopic (exact) mass is 138 g/mol. The number of rotatable bonds is 1. The molecule has 0 unspecified atom stereocenters. The molecule has 1 aromatic carbocycles. The fraction of sp³-hybridized carbons (Fsp3) is 0. The van der Waals surface area contributed by atoms with Gasteiger partial charge in [-0.3, -0.25) is 0 Å². The number of aromatic hydroxyl groups is 2. The Kier molecular flexibility index (Phi) is 1.53. The summed E-state index contributed by atoms with van der Waals surface area (Å²) in [5.41, 5.74) is 6.60. The minimum Gasteiger partial charge on any atom is -0.508 e. The van der Waals surface area contributed by atoms with E-state index in [2.05, 4.69) is 5.11 Å². The third kappa shape index (κ3) is 1.05. The average molecular weight is 138 g/mol. The lowest BCUT2D eigenvalue weighted by atomic mass is 10.3. The van der Waals surface area contributed by atoms with Crippen LogP contribution in [0.15, 0.2) is 23.3 Å². The highest BCUT2D eigenvalue weighted by molar-refractivity contribution is 5.53. The molecule has 0 aliphatic heterocycles. The number of hydrogen-bond acceptors (Lipinski definition) is 4. The molecule has 0 heterocycles. The Labute approximate surface area is 57.3 Å². The Bertz CT molecular complexity index is 260. The molecule has 0 aliphatic carbocycles. The van der Waals surface area contributed by atoms with Gasteiger partial charge in [-0.2, -0.15) is 5.11 Å². The molecule has 0 radical (unpaired) electrons. The van der Waals surface area contributed by atoms with Crippen LogP contribution in [-0.2, 0) is 0 Å². The van der Waals surface area contributed by atoms with E-state index < -0.39 is 0 Å². The number of phenolic OH excluding ortho intramolecular Hbond substituents is 2. The highest BCUT2D eigenvalue weighted by atomic mass is 16.3. The summed E-state index contributed by atoms with van der Waals surface area (Å²) in [7, 11) is 0. The minimum atomic E-state index is -0.104. The zero-order valence-electron chi connectivity index (χ0n) is 5.07. The van der Waals surface area contributed by atoms with E-state index in [1.807, 2.05) is 0 Å². The highest BCUT2D eigenvalue weighted by Gasteiger charge is 1.98. The second-order valence-corrected chi connectivity index (χ2v) is 1.78. The maximum absolute atomic E-state index is 8.91. The van der Waals surface area contributed by atoms with Gasteiger partial charge in [-0.25, -0.2) is 5.53 Å². The van der Waals surface area contributed by atoms with Crippen LogP contribution in [0.25, 0.3) is 0 Å². The SMILES string of the molecule is N=Nc1cc(O)ccc1O. The Balaban J connectivity index is 3.21. The maximum atomic E-state index is 8.91. The van der Waals surface area contributed by atoms with E-state index in [1.54, 1.807) is 0 Å². The Hall–Kier alpha value is -1.58. The lowest BCUT2D eigenvalue weighted by Crippen LogP contribution is -1.66. The van der Waals surface area contributed by atoms with Crippen molar-refractivity contribution in [3.63, 3.8) is 0 Å². The van der Waals surface area contributed by atoms with Gasteiger partial charge in [0.1, 0.15) is 17.2 Å². The van der Waals surface area contributed by atoms with Crippen molar-refractivity contribution >= 4 is 5.69 Å². The van der Waals surface area contributed by atoms with E-state index in [1.165, 1.54) is 18.2 Å². The number of benzene rings is 1. The van der Waals surface area contributed by atoms with Crippen LogP contribution in [0.2, 0.25) is 0 Å². The fourth-order valence-corrected chi connectivity index (χ4v) is 0.601. The van der Waals surface area contributed by atoms with Crippen molar-refractivity contribution in [3.8, 4) is 11.5 Å². The molecular weight excluding hydrogens is 132 g/mol. The number of nitrogens with one attached hydrogen (secondary N) is 1. The highest BCUT2D eigenvalue weighted by Crippen LogP contribution is 2.29. The van der Waals surface area contributed by atoms with E-state index in [0.717, 1.165) is 0 Å². The summed E-state index contributed by atoms with van der Waals surface area (Å²) in [6, 6.07) is 3.81. The molecule has 0 spiro atoms. The van der Waals surface area contributed by atoms with Gasteiger partial charge >= 0.3 is 0 Å². The predicted octanol–water partition coefficient (Wildman–Crippen LogP) is 1.76. The van der Waals surface area contributed by atoms with Crippen molar-refractivity contribution in [2.45, 2.75) is 0 Å². The average Bonchev–Trinajstić information content (AvgIpc) is 1.94. The normalized spacial score (nSPS) is 9.20. The van der Waals surface area contributed by atoms with E-state index in [0.29, 0.717) is 0 Å². The van der Waals surface area contributed by atoms with Gasteiger partial charge < -0.3 is 10.2 Å². The van der Waals surface area contributed by atoms with Gasteiger partial charge in [0, 0.05) is 6.07 Å². The molecule has 1 aromatic rings. The lowest BCUT2D eigenvalue weighted by Gasteiger charge is -1.95. The Morgan fingerprint density at radius 3 is 2.50 bits per heavy atom. The molecule has 0 saturated heterocycles. The molecule has 4 heteroatoms. The molecule has 0 fully saturated rings. The summed E-state index contributed by atoms with van der Waals surface area (Å²) in [5, 5.41) is 20.7. The standard InChI is InChI=1S/C6H6N2O2/c7-8-5-3-4(9)1-2-6(5)10/h1-3,7,9-10H. The maximum Gasteiger partial charge on any atom is 0.143 e. The van der Waals surface area contributed by atoms with Crippen molar-refractivity contribution < 1.29 is 10.2 Å². The molecule has 0 bridgehead atoms. The van der Waals surface area contributed by atoms with Crippen molar-refractivity contribution in [2.24, 2.45) is 5.11 Å². The summed E-state index contributed by atoms with van der Waals surface area (Å²) in [4.78, 5) is 0. The second-order valence-electron chi connectivity index (χ2n) is 1.78. The molecule has 3 N–H and O–H groups in total. The molecule has 0 amide bonds. The first-order valence-corrected chi connectivity index (χ1v) is 2.63. The summed E-state index contributed by atoms with van der Waals surface area (Å²) < 4.78 is 0. The van der Waals surface area contributed by atoms with Gasteiger partial charge in [-0.05, 0) is 12.1 Å². The topological polar surface area (TPSA) is 76.7 Å². The summed E-state index contributed by atoms with van der Waals surface area (Å²) in [6.07, 6.45) is 0. The minimum absolute atomic E-state index is 0.0104. The first-order chi connectivity index (χ1) is 4.74. The Morgan fingerprint density at radius 2 is 2.00 bits per heavy atom. The molecule has 10 heavy (non-hydrogen) atoms. The van der Waals surface area contributed by atoms with Crippen molar-refractivity contribution in [2.75, 3.05) is 0 Å². The van der Waals surface area contributed by atoms with Crippen LogP contribution in [0.3, 0.4) is 0 Å². The van der Waals surface area contributed by atoms with Crippen LogP contribution >= 0.6 is 0 Å². The Morgan fingerprint density at radius 1 is 1.30 bits per heavy atom. The molecule has 4 nitrogen and oxygen atoms in total. The molecule has 52 valence electrons. The zero-order valence-corrected chi connectivity index (χ0v) is 5.07. The molecule has 0 saturated carbocycles. The summed E-state index contributed by atoms with van der Waals surface area (Å²) in [6.45, 7) is 0. The van der Waals surface area contributed by atoms with E-state index >= 15 is 0 Å². The summed E-state index contributed by atoms with van der Waals surface area (Å²) >= 11 is 0. The first-order valence-electron chi connectivity index (χ1n) is 2.63.